The second-order valence-corrected chi connectivity index (χ2v) is 7.88. The normalized spacial score (nSPS) is 15.6. The van der Waals surface area contributed by atoms with Crippen molar-refractivity contribution in [1.29, 1.82) is 0 Å². The summed E-state index contributed by atoms with van der Waals surface area (Å²) >= 11 is 0. The number of halogens is 1. The van der Waals surface area contributed by atoms with E-state index < -0.39 is 0 Å². The van der Waals surface area contributed by atoms with Gasteiger partial charge in [-0.1, -0.05) is 13.8 Å². The van der Waals surface area contributed by atoms with E-state index in [-0.39, 0.29) is 29.9 Å². The SMILES string of the molecule is CCNC(=NCc1c(CC)nn(C)c1CC)NC1CCN(CC(=O)N(C)C)CC1.I. The van der Waals surface area contributed by atoms with Gasteiger partial charge in [0.1, 0.15) is 0 Å². The van der Waals surface area contributed by atoms with Crippen molar-refractivity contribution in [3.8, 4) is 0 Å². The molecule has 0 radical (unpaired) electrons. The Morgan fingerprint density at radius 2 is 1.87 bits per heavy atom. The van der Waals surface area contributed by atoms with Crippen LogP contribution in [0.1, 0.15) is 50.6 Å². The third-order valence-electron chi connectivity index (χ3n) is 5.55. The molecule has 0 aliphatic carbocycles. The Kier molecular flexibility index (Phi) is 11.7. The molecule has 0 saturated carbocycles. The predicted molar refractivity (Wildman–Crippen MR) is 133 cm³/mol. The summed E-state index contributed by atoms with van der Waals surface area (Å²) in [5.74, 6) is 1.03. The van der Waals surface area contributed by atoms with Crippen molar-refractivity contribution in [3.05, 3.63) is 17.0 Å². The zero-order chi connectivity index (χ0) is 21.4. The molecule has 1 saturated heterocycles. The van der Waals surface area contributed by atoms with E-state index in [4.69, 9.17) is 4.99 Å². The third-order valence-corrected chi connectivity index (χ3v) is 5.55. The molecule has 0 atom stereocenters. The van der Waals surface area contributed by atoms with Crippen molar-refractivity contribution in [1.82, 2.24) is 30.2 Å². The number of piperidine rings is 1. The van der Waals surface area contributed by atoms with Crippen molar-refractivity contribution in [2.24, 2.45) is 12.0 Å². The third kappa shape index (κ3) is 7.40. The van der Waals surface area contributed by atoms with Crippen molar-refractivity contribution < 1.29 is 4.79 Å². The van der Waals surface area contributed by atoms with E-state index in [1.165, 1.54) is 11.3 Å². The number of nitrogens with one attached hydrogen (secondary N) is 2. The van der Waals surface area contributed by atoms with E-state index in [1.807, 2.05) is 25.8 Å². The standard InChI is InChI=1S/C21H39N7O.HI/c1-7-18-17(19(8-2)27(6)25-18)14-23-21(22-9-3)24-16-10-12-28(13-11-16)15-20(29)26(4)5;/h16H,7-15H2,1-6H3,(H2,22,23,24);1H. The molecule has 30 heavy (non-hydrogen) atoms. The molecule has 2 heterocycles. The first-order chi connectivity index (χ1) is 13.9. The maximum Gasteiger partial charge on any atom is 0.236 e. The van der Waals surface area contributed by atoms with E-state index in [2.05, 4.69) is 41.4 Å². The molecule has 1 aliphatic rings. The molecule has 2 rings (SSSR count). The fraction of sp³-hybridized carbons (Fsp3) is 0.762. The monoisotopic (exact) mass is 533 g/mol. The molecule has 2 N–H and O–H groups in total. The molecule has 1 fully saturated rings. The summed E-state index contributed by atoms with van der Waals surface area (Å²) in [5.41, 5.74) is 3.66. The van der Waals surface area contributed by atoms with Crippen LogP contribution in [0.3, 0.4) is 0 Å². The highest BCUT2D eigenvalue weighted by atomic mass is 127. The number of carbonyl (C=O) groups is 1. The number of hydrogen-bond donors (Lipinski definition) is 2. The molecule has 1 aliphatic heterocycles. The lowest BCUT2D eigenvalue weighted by atomic mass is 10.1. The predicted octanol–water partition coefficient (Wildman–Crippen LogP) is 1.77. The van der Waals surface area contributed by atoms with Gasteiger partial charge in [0, 0.05) is 58.1 Å². The van der Waals surface area contributed by atoms with E-state index >= 15 is 0 Å². The van der Waals surface area contributed by atoms with E-state index in [0.29, 0.717) is 19.1 Å². The first-order valence-electron chi connectivity index (χ1n) is 10.9. The summed E-state index contributed by atoms with van der Waals surface area (Å²) in [5, 5.41) is 11.6. The quantitative estimate of drug-likeness (QED) is 0.303. The average molecular weight is 534 g/mol. The topological polar surface area (TPSA) is 77.8 Å². The molecule has 1 amide bonds. The van der Waals surface area contributed by atoms with Crippen LogP contribution in [0, 0.1) is 0 Å². The number of rotatable bonds is 8. The Bertz CT molecular complexity index is 694. The van der Waals surface area contributed by atoms with E-state index in [0.717, 1.165) is 57.0 Å². The number of carbonyl (C=O) groups excluding carboxylic acids is 1. The van der Waals surface area contributed by atoms with Gasteiger partial charge in [-0.15, -0.1) is 24.0 Å². The van der Waals surface area contributed by atoms with Crippen molar-refractivity contribution >= 4 is 35.8 Å². The van der Waals surface area contributed by atoms with Gasteiger partial charge in [0.05, 0.1) is 18.8 Å². The number of nitrogens with zero attached hydrogens (tertiary/aromatic N) is 5. The maximum atomic E-state index is 11.9. The van der Waals surface area contributed by atoms with Gasteiger partial charge in [0.25, 0.3) is 0 Å². The molecule has 0 bridgehead atoms. The van der Waals surface area contributed by atoms with Crippen molar-refractivity contribution in [2.45, 2.75) is 59.0 Å². The molecule has 0 unspecified atom stereocenters. The molecule has 1 aromatic heterocycles. The van der Waals surface area contributed by atoms with Crippen LogP contribution in [0.5, 0.6) is 0 Å². The lowest BCUT2D eigenvalue weighted by Crippen LogP contribution is -2.50. The number of aromatic nitrogens is 2. The van der Waals surface area contributed by atoms with Crippen LogP contribution in [0.25, 0.3) is 0 Å². The average Bonchev–Trinajstić information content (AvgIpc) is 3.02. The van der Waals surface area contributed by atoms with Crippen LogP contribution in [0.15, 0.2) is 4.99 Å². The van der Waals surface area contributed by atoms with Crippen LogP contribution in [0.2, 0.25) is 0 Å². The number of amides is 1. The number of aryl methyl sites for hydroxylation is 2. The lowest BCUT2D eigenvalue weighted by molar-refractivity contribution is -0.130. The smallest absolute Gasteiger partial charge is 0.236 e. The summed E-state index contributed by atoms with van der Waals surface area (Å²) in [6.45, 7) is 10.2. The summed E-state index contributed by atoms with van der Waals surface area (Å²) in [6.07, 6.45) is 3.91. The Morgan fingerprint density at radius 3 is 2.40 bits per heavy atom. The van der Waals surface area contributed by atoms with Crippen LogP contribution in [-0.4, -0.2) is 77.8 Å². The number of likely N-dealkylation sites (tertiary alicyclic amines) is 1. The zero-order valence-electron chi connectivity index (χ0n) is 19.5. The minimum atomic E-state index is 0. The highest BCUT2D eigenvalue weighted by Crippen LogP contribution is 2.17. The van der Waals surface area contributed by atoms with Gasteiger partial charge in [-0.05, 0) is 32.6 Å². The summed E-state index contributed by atoms with van der Waals surface area (Å²) in [7, 11) is 5.64. The molecule has 8 nitrogen and oxygen atoms in total. The van der Waals surface area contributed by atoms with Gasteiger partial charge >= 0.3 is 0 Å². The zero-order valence-corrected chi connectivity index (χ0v) is 21.8. The fourth-order valence-electron chi connectivity index (χ4n) is 3.81. The van der Waals surface area contributed by atoms with Gasteiger partial charge in [-0.25, -0.2) is 4.99 Å². The summed E-state index contributed by atoms with van der Waals surface area (Å²) < 4.78 is 1.99. The Labute approximate surface area is 198 Å². The molecule has 9 heteroatoms. The second-order valence-electron chi connectivity index (χ2n) is 7.88. The molecule has 1 aromatic rings. The summed E-state index contributed by atoms with van der Waals surface area (Å²) in [4.78, 5) is 20.7. The van der Waals surface area contributed by atoms with E-state index in [9.17, 15) is 4.79 Å². The van der Waals surface area contributed by atoms with E-state index in [1.54, 1.807) is 4.90 Å². The molecule has 0 spiro atoms. The maximum absolute atomic E-state index is 11.9. The molecule has 172 valence electrons. The number of guanidine groups is 1. The van der Waals surface area contributed by atoms with Crippen LogP contribution < -0.4 is 10.6 Å². The van der Waals surface area contributed by atoms with Gasteiger partial charge in [-0.2, -0.15) is 5.10 Å². The minimum absolute atomic E-state index is 0. The van der Waals surface area contributed by atoms with Crippen LogP contribution >= 0.6 is 24.0 Å². The molecular formula is C21H40IN7O. The van der Waals surface area contributed by atoms with Crippen molar-refractivity contribution in [2.75, 3.05) is 40.3 Å². The van der Waals surface area contributed by atoms with Crippen LogP contribution in [-0.2, 0) is 31.2 Å². The van der Waals surface area contributed by atoms with Gasteiger partial charge in [0.2, 0.25) is 5.91 Å². The van der Waals surface area contributed by atoms with Gasteiger partial charge in [-0.3, -0.25) is 14.4 Å². The lowest BCUT2D eigenvalue weighted by Gasteiger charge is -2.33. The number of likely N-dealkylation sites (N-methyl/N-ethyl adjacent to an activating group) is 1. The number of hydrogen-bond acceptors (Lipinski definition) is 4. The molecular weight excluding hydrogens is 493 g/mol. The first kappa shape index (κ1) is 26.7. The Balaban J connectivity index is 0.00000450. The number of aliphatic imine (C=N–C) groups is 1. The highest BCUT2D eigenvalue weighted by Gasteiger charge is 2.22. The second kappa shape index (κ2) is 13.1. The van der Waals surface area contributed by atoms with Gasteiger partial charge in [0.15, 0.2) is 5.96 Å². The van der Waals surface area contributed by atoms with Crippen LogP contribution in [0.4, 0.5) is 0 Å². The Hall–Kier alpha value is -1.36. The largest absolute Gasteiger partial charge is 0.357 e. The Morgan fingerprint density at radius 1 is 1.20 bits per heavy atom. The highest BCUT2D eigenvalue weighted by molar-refractivity contribution is 14.0. The summed E-state index contributed by atoms with van der Waals surface area (Å²) in [6, 6.07) is 0.378. The minimum Gasteiger partial charge on any atom is -0.357 e. The van der Waals surface area contributed by atoms with Gasteiger partial charge < -0.3 is 15.5 Å². The first-order valence-corrected chi connectivity index (χ1v) is 10.9. The fourth-order valence-corrected chi connectivity index (χ4v) is 3.81. The van der Waals surface area contributed by atoms with Crippen molar-refractivity contribution in [3.63, 3.8) is 0 Å². The molecule has 0 aromatic carbocycles.